The number of aryl methyl sites for hydroxylation is 2. The Bertz CT molecular complexity index is 392. The Labute approximate surface area is 103 Å². The maximum absolute atomic E-state index is 5.97. The van der Waals surface area contributed by atoms with Gasteiger partial charge in [0.2, 0.25) is 0 Å². The quantitative estimate of drug-likeness (QED) is 0.870. The third-order valence-electron chi connectivity index (χ3n) is 3.26. The molecule has 3 nitrogen and oxygen atoms in total. The molecule has 1 fully saturated rings. The molecule has 1 aromatic carbocycles. The molecular formula is C14H21NO2. The van der Waals surface area contributed by atoms with Gasteiger partial charge in [0.15, 0.2) is 0 Å². The van der Waals surface area contributed by atoms with Crippen LogP contribution >= 0.6 is 0 Å². The number of hydrogen-bond donors (Lipinski definition) is 1. The molecule has 2 N–H and O–H groups in total. The first-order valence-corrected chi connectivity index (χ1v) is 6.23. The number of rotatable bonds is 4. The molecule has 2 rings (SSSR count). The Morgan fingerprint density at radius 1 is 1.35 bits per heavy atom. The molecule has 0 spiro atoms. The van der Waals surface area contributed by atoms with Crippen LogP contribution in [0.1, 0.15) is 24.5 Å². The SMILES string of the molecule is CCOC1C(N)CC1Oc1ccc(C)cc1C. The van der Waals surface area contributed by atoms with Gasteiger partial charge in [0, 0.05) is 19.1 Å². The normalized spacial score (nSPS) is 27.6. The van der Waals surface area contributed by atoms with Gasteiger partial charge in [-0.15, -0.1) is 0 Å². The maximum atomic E-state index is 5.97. The molecule has 1 aromatic rings. The molecule has 1 saturated carbocycles. The number of ether oxygens (including phenoxy) is 2. The van der Waals surface area contributed by atoms with Gasteiger partial charge in [-0.2, -0.15) is 0 Å². The molecule has 17 heavy (non-hydrogen) atoms. The van der Waals surface area contributed by atoms with Crippen LogP contribution in [0, 0.1) is 13.8 Å². The van der Waals surface area contributed by atoms with Crippen molar-refractivity contribution in [3.8, 4) is 5.75 Å². The molecular weight excluding hydrogens is 214 g/mol. The third kappa shape index (κ3) is 2.61. The van der Waals surface area contributed by atoms with Crippen molar-refractivity contribution >= 4 is 0 Å². The summed E-state index contributed by atoms with van der Waals surface area (Å²) in [6.45, 7) is 6.82. The predicted octanol–water partition coefficient (Wildman–Crippen LogP) is 2.19. The second kappa shape index (κ2) is 5.07. The van der Waals surface area contributed by atoms with Crippen LogP contribution in [-0.4, -0.2) is 24.9 Å². The highest BCUT2D eigenvalue weighted by Gasteiger charge is 2.41. The lowest BCUT2D eigenvalue weighted by atomic mass is 9.86. The lowest BCUT2D eigenvalue weighted by Crippen LogP contribution is -2.59. The standard InChI is InChI=1S/C14H21NO2/c1-4-16-14-11(15)8-13(14)17-12-6-5-9(2)7-10(12)3/h5-7,11,13-14H,4,8,15H2,1-3H3. The summed E-state index contributed by atoms with van der Waals surface area (Å²) in [5.74, 6) is 0.942. The Morgan fingerprint density at radius 3 is 2.71 bits per heavy atom. The number of hydrogen-bond acceptors (Lipinski definition) is 3. The van der Waals surface area contributed by atoms with Gasteiger partial charge in [-0.05, 0) is 32.4 Å². The summed E-state index contributed by atoms with van der Waals surface area (Å²) in [6.07, 6.45) is 1.02. The van der Waals surface area contributed by atoms with Crippen molar-refractivity contribution in [1.29, 1.82) is 0 Å². The van der Waals surface area contributed by atoms with Crippen molar-refractivity contribution in [1.82, 2.24) is 0 Å². The van der Waals surface area contributed by atoms with E-state index < -0.39 is 0 Å². The monoisotopic (exact) mass is 235 g/mol. The van der Waals surface area contributed by atoms with Crippen molar-refractivity contribution in [2.75, 3.05) is 6.61 Å². The topological polar surface area (TPSA) is 44.5 Å². The minimum absolute atomic E-state index is 0.0423. The first kappa shape index (κ1) is 12.4. The van der Waals surface area contributed by atoms with E-state index in [1.807, 2.05) is 13.0 Å². The van der Waals surface area contributed by atoms with Gasteiger partial charge in [0.05, 0.1) is 0 Å². The first-order valence-electron chi connectivity index (χ1n) is 6.23. The summed E-state index contributed by atoms with van der Waals surface area (Å²) in [5.41, 5.74) is 8.33. The van der Waals surface area contributed by atoms with Crippen LogP contribution in [0.25, 0.3) is 0 Å². The highest BCUT2D eigenvalue weighted by Crippen LogP contribution is 2.29. The summed E-state index contributed by atoms with van der Waals surface area (Å²) < 4.78 is 11.6. The molecule has 3 unspecified atom stereocenters. The van der Waals surface area contributed by atoms with Crippen LogP contribution in [0.2, 0.25) is 0 Å². The van der Waals surface area contributed by atoms with Gasteiger partial charge in [-0.1, -0.05) is 17.7 Å². The molecule has 0 saturated heterocycles. The van der Waals surface area contributed by atoms with E-state index in [1.54, 1.807) is 0 Å². The molecule has 0 aliphatic heterocycles. The lowest BCUT2D eigenvalue weighted by Gasteiger charge is -2.41. The Balaban J connectivity index is 2.01. The molecule has 0 bridgehead atoms. The van der Waals surface area contributed by atoms with E-state index in [0.29, 0.717) is 6.61 Å². The molecule has 3 heteroatoms. The minimum atomic E-state index is 0.0423. The average Bonchev–Trinajstić information content (AvgIpc) is 2.28. The van der Waals surface area contributed by atoms with Crippen LogP contribution in [0.15, 0.2) is 18.2 Å². The average molecular weight is 235 g/mol. The van der Waals surface area contributed by atoms with E-state index in [0.717, 1.165) is 12.2 Å². The van der Waals surface area contributed by atoms with Crippen LogP contribution in [0.3, 0.4) is 0 Å². The molecule has 94 valence electrons. The minimum Gasteiger partial charge on any atom is -0.487 e. The highest BCUT2D eigenvalue weighted by molar-refractivity contribution is 5.36. The molecule has 3 atom stereocenters. The molecule has 1 aliphatic carbocycles. The van der Waals surface area contributed by atoms with Crippen LogP contribution in [0.4, 0.5) is 0 Å². The van der Waals surface area contributed by atoms with Crippen LogP contribution in [-0.2, 0) is 4.74 Å². The zero-order valence-electron chi connectivity index (χ0n) is 10.8. The molecule has 1 aliphatic rings. The summed E-state index contributed by atoms with van der Waals surface area (Å²) in [4.78, 5) is 0. The van der Waals surface area contributed by atoms with Crippen molar-refractivity contribution < 1.29 is 9.47 Å². The fraction of sp³-hybridized carbons (Fsp3) is 0.571. The fourth-order valence-corrected chi connectivity index (χ4v) is 2.25. The van der Waals surface area contributed by atoms with Gasteiger partial charge < -0.3 is 15.2 Å². The predicted molar refractivity (Wildman–Crippen MR) is 68.3 cm³/mol. The third-order valence-corrected chi connectivity index (χ3v) is 3.26. The van der Waals surface area contributed by atoms with Crippen molar-refractivity contribution in [3.05, 3.63) is 29.3 Å². The largest absolute Gasteiger partial charge is 0.487 e. The van der Waals surface area contributed by atoms with E-state index in [1.165, 1.54) is 11.1 Å². The Kier molecular flexibility index (Phi) is 3.69. The van der Waals surface area contributed by atoms with E-state index in [4.69, 9.17) is 15.2 Å². The van der Waals surface area contributed by atoms with Gasteiger partial charge in [-0.25, -0.2) is 0 Å². The van der Waals surface area contributed by atoms with E-state index in [9.17, 15) is 0 Å². The van der Waals surface area contributed by atoms with Crippen LogP contribution in [0.5, 0.6) is 5.75 Å². The summed E-state index contributed by atoms with van der Waals surface area (Å²) in [5, 5.41) is 0. The molecule has 0 radical (unpaired) electrons. The smallest absolute Gasteiger partial charge is 0.128 e. The maximum Gasteiger partial charge on any atom is 0.128 e. The summed E-state index contributed by atoms with van der Waals surface area (Å²) >= 11 is 0. The molecule has 0 amide bonds. The van der Waals surface area contributed by atoms with Gasteiger partial charge >= 0.3 is 0 Å². The Morgan fingerprint density at radius 2 is 2.12 bits per heavy atom. The van der Waals surface area contributed by atoms with Gasteiger partial charge in [0.25, 0.3) is 0 Å². The highest BCUT2D eigenvalue weighted by atomic mass is 16.5. The Hall–Kier alpha value is -1.06. The van der Waals surface area contributed by atoms with Gasteiger partial charge in [-0.3, -0.25) is 0 Å². The lowest BCUT2D eigenvalue weighted by molar-refractivity contribution is -0.0947. The molecule has 0 aromatic heterocycles. The zero-order chi connectivity index (χ0) is 12.4. The zero-order valence-corrected chi connectivity index (χ0v) is 10.8. The van der Waals surface area contributed by atoms with E-state index in [2.05, 4.69) is 26.0 Å². The van der Waals surface area contributed by atoms with E-state index >= 15 is 0 Å². The van der Waals surface area contributed by atoms with Crippen LogP contribution < -0.4 is 10.5 Å². The van der Waals surface area contributed by atoms with Crippen molar-refractivity contribution in [2.45, 2.75) is 45.4 Å². The number of nitrogens with two attached hydrogens (primary N) is 1. The first-order chi connectivity index (χ1) is 8.11. The molecule has 0 heterocycles. The van der Waals surface area contributed by atoms with Crippen molar-refractivity contribution in [2.24, 2.45) is 5.73 Å². The summed E-state index contributed by atoms with van der Waals surface area (Å²) in [7, 11) is 0. The van der Waals surface area contributed by atoms with Gasteiger partial charge in [0.1, 0.15) is 18.0 Å². The second-order valence-electron chi connectivity index (χ2n) is 4.74. The second-order valence-corrected chi connectivity index (χ2v) is 4.74. The van der Waals surface area contributed by atoms with E-state index in [-0.39, 0.29) is 18.2 Å². The summed E-state index contributed by atoms with van der Waals surface area (Å²) in [6, 6.07) is 6.34. The van der Waals surface area contributed by atoms with Crippen molar-refractivity contribution in [3.63, 3.8) is 0 Å². The number of benzene rings is 1. The fourth-order valence-electron chi connectivity index (χ4n) is 2.25.